The Labute approximate surface area is 147 Å². The Morgan fingerprint density at radius 3 is 2.88 bits per heavy atom. The lowest BCUT2D eigenvalue weighted by Gasteiger charge is -2.18. The highest BCUT2D eigenvalue weighted by molar-refractivity contribution is 8.00. The SMILES string of the molecule is O=C1CS[C@@H](c2cccc(O)c2)c2c(ncn2-c2cccc(F)c2)N1. The Morgan fingerprint density at radius 1 is 1.24 bits per heavy atom. The van der Waals surface area contributed by atoms with Crippen molar-refractivity contribution in [3.63, 3.8) is 0 Å². The maximum atomic E-state index is 13.7. The minimum Gasteiger partial charge on any atom is -0.508 e. The summed E-state index contributed by atoms with van der Waals surface area (Å²) in [7, 11) is 0. The molecule has 0 saturated carbocycles. The summed E-state index contributed by atoms with van der Waals surface area (Å²) in [6.45, 7) is 0. The highest BCUT2D eigenvalue weighted by atomic mass is 32.2. The lowest BCUT2D eigenvalue weighted by molar-refractivity contribution is -0.113. The Balaban J connectivity index is 1.89. The monoisotopic (exact) mass is 355 g/mol. The van der Waals surface area contributed by atoms with Gasteiger partial charge in [-0.2, -0.15) is 0 Å². The van der Waals surface area contributed by atoms with Crippen molar-refractivity contribution in [1.29, 1.82) is 0 Å². The van der Waals surface area contributed by atoms with Gasteiger partial charge >= 0.3 is 0 Å². The van der Waals surface area contributed by atoms with Crippen LogP contribution in [-0.4, -0.2) is 26.3 Å². The van der Waals surface area contributed by atoms with Gasteiger partial charge in [0.2, 0.25) is 5.91 Å². The number of imidazole rings is 1. The largest absolute Gasteiger partial charge is 0.508 e. The van der Waals surface area contributed by atoms with E-state index >= 15 is 0 Å². The van der Waals surface area contributed by atoms with E-state index in [1.807, 2.05) is 6.07 Å². The van der Waals surface area contributed by atoms with E-state index in [4.69, 9.17) is 0 Å². The third-order valence-electron chi connectivity index (χ3n) is 3.95. The number of thioether (sulfide) groups is 1. The minimum absolute atomic E-state index is 0.140. The lowest BCUT2D eigenvalue weighted by atomic mass is 10.1. The molecule has 1 aromatic heterocycles. The Hall–Kier alpha value is -2.80. The molecular weight excluding hydrogens is 341 g/mol. The molecule has 7 heteroatoms. The topological polar surface area (TPSA) is 67.1 Å². The Kier molecular flexibility index (Phi) is 3.93. The van der Waals surface area contributed by atoms with Crippen LogP contribution in [0.3, 0.4) is 0 Å². The van der Waals surface area contributed by atoms with Gasteiger partial charge in [-0.15, -0.1) is 11.8 Å². The van der Waals surface area contributed by atoms with Crippen molar-refractivity contribution in [1.82, 2.24) is 9.55 Å². The molecule has 0 unspecified atom stereocenters. The predicted octanol–water partition coefficient (Wildman–Crippen LogP) is 3.49. The average molecular weight is 355 g/mol. The van der Waals surface area contributed by atoms with Crippen molar-refractivity contribution in [2.45, 2.75) is 5.25 Å². The van der Waals surface area contributed by atoms with E-state index in [-0.39, 0.29) is 28.5 Å². The van der Waals surface area contributed by atoms with Gasteiger partial charge in [-0.25, -0.2) is 9.37 Å². The molecule has 2 heterocycles. The molecule has 2 N–H and O–H groups in total. The Bertz CT molecular complexity index is 957. The Morgan fingerprint density at radius 2 is 2.08 bits per heavy atom. The number of rotatable bonds is 2. The highest BCUT2D eigenvalue weighted by Gasteiger charge is 2.29. The van der Waals surface area contributed by atoms with Crippen LogP contribution in [0.25, 0.3) is 5.69 Å². The molecule has 1 aliphatic rings. The molecule has 0 aliphatic carbocycles. The molecule has 5 nitrogen and oxygen atoms in total. The summed E-state index contributed by atoms with van der Waals surface area (Å²) < 4.78 is 15.4. The first-order valence-corrected chi connectivity index (χ1v) is 8.70. The second kappa shape index (κ2) is 6.25. The maximum Gasteiger partial charge on any atom is 0.235 e. The smallest absolute Gasteiger partial charge is 0.235 e. The van der Waals surface area contributed by atoms with E-state index < -0.39 is 0 Å². The molecule has 0 radical (unpaired) electrons. The number of amides is 1. The van der Waals surface area contributed by atoms with E-state index in [2.05, 4.69) is 10.3 Å². The average Bonchev–Trinajstić information content (AvgIpc) is 2.91. The first-order chi connectivity index (χ1) is 12.1. The third-order valence-corrected chi connectivity index (χ3v) is 5.21. The lowest BCUT2D eigenvalue weighted by Crippen LogP contribution is -2.12. The van der Waals surface area contributed by atoms with Crippen molar-refractivity contribution >= 4 is 23.5 Å². The number of fused-ring (bicyclic) bond motifs is 1. The number of phenols is 1. The van der Waals surface area contributed by atoms with Crippen LogP contribution in [0.15, 0.2) is 54.9 Å². The van der Waals surface area contributed by atoms with Crippen LogP contribution in [-0.2, 0) is 4.79 Å². The standard InChI is InChI=1S/C18H14FN3O2S/c19-12-4-2-5-13(8-12)22-10-20-18-16(22)17(25-9-15(24)21-18)11-3-1-6-14(23)7-11/h1-8,10,17,23H,9H2,(H,21,24)/t17-/m0/s1. The molecule has 4 rings (SSSR count). The molecule has 1 aliphatic heterocycles. The number of carbonyl (C=O) groups excluding carboxylic acids is 1. The number of nitrogens with one attached hydrogen (secondary N) is 1. The quantitative estimate of drug-likeness (QED) is 0.738. The fourth-order valence-electron chi connectivity index (χ4n) is 2.88. The number of phenolic OH excluding ortho intramolecular Hbond substituents is 1. The number of hydrogen-bond acceptors (Lipinski definition) is 4. The molecule has 126 valence electrons. The van der Waals surface area contributed by atoms with Crippen LogP contribution in [0.1, 0.15) is 16.5 Å². The van der Waals surface area contributed by atoms with Crippen molar-refractivity contribution in [2.24, 2.45) is 0 Å². The summed E-state index contributed by atoms with van der Waals surface area (Å²) in [5.41, 5.74) is 2.21. The number of halogens is 1. The van der Waals surface area contributed by atoms with Gasteiger partial charge in [-0.3, -0.25) is 9.36 Å². The fraction of sp³-hybridized carbons (Fsp3) is 0.111. The number of hydrogen-bond donors (Lipinski definition) is 2. The van der Waals surface area contributed by atoms with Crippen LogP contribution < -0.4 is 5.32 Å². The van der Waals surface area contributed by atoms with Gasteiger partial charge in [0.25, 0.3) is 0 Å². The van der Waals surface area contributed by atoms with Crippen molar-refractivity contribution < 1.29 is 14.3 Å². The molecular formula is C18H14FN3O2S. The van der Waals surface area contributed by atoms with Crippen molar-refractivity contribution in [3.05, 3.63) is 71.9 Å². The zero-order valence-corrected chi connectivity index (χ0v) is 13.8. The number of aromatic hydroxyl groups is 1. The van der Waals surface area contributed by atoms with Gasteiger partial charge in [-0.05, 0) is 35.9 Å². The van der Waals surface area contributed by atoms with Crippen LogP contribution in [0.4, 0.5) is 10.2 Å². The van der Waals surface area contributed by atoms with E-state index in [1.165, 1.54) is 23.9 Å². The predicted molar refractivity (Wildman–Crippen MR) is 94.6 cm³/mol. The normalized spacial score (nSPS) is 16.8. The molecule has 1 atom stereocenters. The van der Waals surface area contributed by atoms with E-state index in [9.17, 15) is 14.3 Å². The van der Waals surface area contributed by atoms with Gasteiger partial charge < -0.3 is 10.4 Å². The highest BCUT2D eigenvalue weighted by Crippen LogP contribution is 2.42. The zero-order chi connectivity index (χ0) is 17.4. The summed E-state index contributed by atoms with van der Waals surface area (Å²) >= 11 is 1.44. The third kappa shape index (κ3) is 2.98. The van der Waals surface area contributed by atoms with E-state index in [0.717, 1.165) is 11.3 Å². The molecule has 25 heavy (non-hydrogen) atoms. The summed E-state index contributed by atoms with van der Waals surface area (Å²) in [4.78, 5) is 16.3. The first-order valence-electron chi connectivity index (χ1n) is 7.65. The van der Waals surface area contributed by atoms with Crippen LogP contribution in [0.2, 0.25) is 0 Å². The molecule has 2 aromatic carbocycles. The molecule has 0 saturated heterocycles. The molecule has 0 bridgehead atoms. The van der Waals surface area contributed by atoms with E-state index in [0.29, 0.717) is 11.5 Å². The summed E-state index contributed by atoms with van der Waals surface area (Å²) in [6.07, 6.45) is 1.57. The minimum atomic E-state index is -0.348. The van der Waals surface area contributed by atoms with Crippen molar-refractivity contribution in [3.8, 4) is 11.4 Å². The molecule has 1 amide bonds. The molecule has 0 spiro atoms. The number of nitrogens with zero attached hydrogens (tertiary/aromatic N) is 2. The summed E-state index contributed by atoms with van der Waals surface area (Å²) in [5.74, 6) is 0.380. The second-order valence-corrected chi connectivity index (χ2v) is 6.76. The first kappa shape index (κ1) is 15.7. The van der Waals surface area contributed by atoms with E-state index in [1.54, 1.807) is 41.2 Å². The van der Waals surface area contributed by atoms with Gasteiger partial charge in [-0.1, -0.05) is 18.2 Å². The van der Waals surface area contributed by atoms with Gasteiger partial charge in [0, 0.05) is 5.69 Å². The summed E-state index contributed by atoms with van der Waals surface area (Å²) in [6, 6.07) is 13.1. The maximum absolute atomic E-state index is 13.7. The number of carbonyl (C=O) groups is 1. The number of aromatic nitrogens is 2. The molecule has 3 aromatic rings. The van der Waals surface area contributed by atoms with Crippen LogP contribution in [0.5, 0.6) is 5.75 Å². The molecule has 0 fully saturated rings. The fourth-order valence-corrected chi connectivity index (χ4v) is 4.00. The zero-order valence-electron chi connectivity index (χ0n) is 13.0. The van der Waals surface area contributed by atoms with Gasteiger partial charge in [0.05, 0.1) is 16.7 Å². The van der Waals surface area contributed by atoms with Crippen LogP contribution in [0, 0.1) is 5.82 Å². The van der Waals surface area contributed by atoms with Crippen molar-refractivity contribution in [2.75, 3.05) is 11.1 Å². The second-order valence-electron chi connectivity index (χ2n) is 5.66. The van der Waals surface area contributed by atoms with Gasteiger partial charge in [0.1, 0.15) is 17.9 Å². The summed E-state index contributed by atoms with van der Waals surface area (Å²) in [5, 5.41) is 12.4. The van der Waals surface area contributed by atoms with Crippen LogP contribution >= 0.6 is 11.8 Å². The van der Waals surface area contributed by atoms with Gasteiger partial charge in [0.15, 0.2) is 5.82 Å². The number of benzene rings is 2. The number of anilines is 1.